The highest BCUT2D eigenvalue weighted by atomic mass is 16.4. The number of nitrogens with one attached hydrogen (secondary N) is 1. The van der Waals surface area contributed by atoms with Crippen molar-refractivity contribution in [2.75, 3.05) is 18.4 Å². The Bertz CT molecular complexity index is 866. The number of aliphatic carboxylic acids is 1. The molecular formula is C22H24N2O4. The number of rotatable bonds is 8. The first-order chi connectivity index (χ1) is 13.4. The molecule has 146 valence electrons. The third-order valence-electron chi connectivity index (χ3n) is 4.95. The van der Waals surface area contributed by atoms with Gasteiger partial charge in [0.05, 0.1) is 0 Å². The molecular weight excluding hydrogens is 356 g/mol. The summed E-state index contributed by atoms with van der Waals surface area (Å²) in [6.45, 7) is 1.95. The summed E-state index contributed by atoms with van der Waals surface area (Å²) in [6.07, 6.45) is 1.45. The van der Waals surface area contributed by atoms with Gasteiger partial charge in [-0.1, -0.05) is 43.3 Å². The van der Waals surface area contributed by atoms with Gasteiger partial charge in [0.25, 0.3) is 5.91 Å². The van der Waals surface area contributed by atoms with Crippen LogP contribution in [0, 0.1) is 11.8 Å². The lowest BCUT2D eigenvalue weighted by molar-refractivity contribution is -0.137. The van der Waals surface area contributed by atoms with Crippen molar-refractivity contribution in [1.29, 1.82) is 0 Å². The normalized spacial score (nSPS) is 17.6. The Labute approximate surface area is 164 Å². The molecule has 1 fully saturated rings. The first kappa shape index (κ1) is 19.6. The zero-order valence-corrected chi connectivity index (χ0v) is 15.8. The van der Waals surface area contributed by atoms with Gasteiger partial charge in [-0.05, 0) is 42.5 Å². The van der Waals surface area contributed by atoms with Crippen molar-refractivity contribution in [2.45, 2.75) is 19.8 Å². The highest BCUT2D eigenvalue weighted by molar-refractivity contribution is 5.99. The minimum Gasteiger partial charge on any atom is -0.480 e. The summed E-state index contributed by atoms with van der Waals surface area (Å²) in [5.74, 6) is -1.03. The summed E-state index contributed by atoms with van der Waals surface area (Å²) in [4.78, 5) is 37.6. The predicted molar refractivity (Wildman–Crippen MR) is 106 cm³/mol. The molecule has 28 heavy (non-hydrogen) atoms. The Morgan fingerprint density at radius 1 is 1.11 bits per heavy atom. The van der Waals surface area contributed by atoms with Crippen LogP contribution in [-0.4, -0.2) is 40.9 Å². The Hall–Kier alpha value is -3.15. The molecule has 0 spiro atoms. The zero-order chi connectivity index (χ0) is 20.1. The van der Waals surface area contributed by atoms with Crippen molar-refractivity contribution in [2.24, 2.45) is 11.8 Å². The Balaban J connectivity index is 1.69. The number of carboxylic acids is 1. The number of hydrogen-bond donors (Lipinski definition) is 2. The van der Waals surface area contributed by atoms with Crippen LogP contribution in [0.25, 0.3) is 0 Å². The molecule has 6 nitrogen and oxygen atoms in total. The number of carbonyl (C=O) groups excluding carboxylic acids is 2. The number of benzene rings is 2. The van der Waals surface area contributed by atoms with E-state index in [1.165, 1.54) is 4.90 Å². The molecule has 0 heterocycles. The summed E-state index contributed by atoms with van der Waals surface area (Å²) in [7, 11) is 0. The summed E-state index contributed by atoms with van der Waals surface area (Å²) in [5, 5.41) is 12.0. The average molecular weight is 380 g/mol. The van der Waals surface area contributed by atoms with Gasteiger partial charge >= 0.3 is 5.97 Å². The van der Waals surface area contributed by atoms with E-state index in [0.717, 1.165) is 12.0 Å². The summed E-state index contributed by atoms with van der Waals surface area (Å²) in [5.41, 5.74) is 1.94. The van der Waals surface area contributed by atoms with Crippen LogP contribution in [-0.2, 0) is 16.0 Å². The third kappa shape index (κ3) is 5.19. The Morgan fingerprint density at radius 2 is 1.82 bits per heavy atom. The number of amides is 2. The summed E-state index contributed by atoms with van der Waals surface area (Å²) in [6, 6.07) is 16.3. The van der Waals surface area contributed by atoms with E-state index in [0.29, 0.717) is 30.1 Å². The molecule has 2 amide bonds. The van der Waals surface area contributed by atoms with Gasteiger partial charge in [0.2, 0.25) is 5.91 Å². The molecule has 0 aromatic heterocycles. The minimum atomic E-state index is -1.06. The summed E-state index contributed by atoms with van der Waals surface area (Å²) < 4.78 is 0. The van der Waals surface area contributed by atoms with Gasteiger partial charge in [-0.2, -0.15) is 0 Å². The van der Waals surface area contributed by atoms with Gasteiger partial charge in [-0.15, -0.1) is 0 Å². The van der Waals surface area contributed by atoms with Crippen molar-refractivity contribution >= 4 is 23.5 Å². The van der Waals surface area contributed by atoms with Crippen molar-refractivity contribution < 1.29 is 19.5 Å². The highest BCUT2D eigenvalue weighted by Crippen LogP contribution is 2.38. The lowest BCUT2D eigenvalue weighted by Gasteiger charge is -2.21. The minimum absolute atomic E-state index is 0.0359. The second-order valence-corrected chi connectivity index (χ2v) is 7.25. The van der Waals surface area contributed by atoms with E-state index in [4.69, 9.17) is 0 Å². The second-order valence-electron chi connectivity index (χ2n) is 7.25. The monoisotopic (exact) mass is 380 g/mol. The van der Waals surface area contributed by atoms with Gasteiger partial charge in [0.15, 0.2) is 0 Å². The molecule has 1 aliphatic carbocycles. The van der Waals surface area contributed by atoms with Crippen molar-refractivity contribution in [3.05, 3.63) is 65.7 Å². The first-order valence-corrected chi connectivity index (χ1v) is 9.40. The molecule has 2 aromatic carbocycles. The van der Waals surface area contributed by atoms with Crippen LogP contribution in [0.5, 0.6) is 0 Å². The van der Waals surface area contributed by atoms with E-state index in [1.54, 1.807) is 24.3 Å². The second kappa shape index (κ2) is 8.69. The molecule has 2 unspecified atom stereocenters. The highest BCUT2D eigenvalue weighted by Gasteiger charge is 2.39. The number of carbonyl (C=O) groups is 3. The third-order valence-corrected chi connectivity index (χ3v) is 4.95. The quantitative estimate of drug-likeness (QED) is 0.737. The predicted octanol–water partition coefficient (Wildman–Crippen LogP) is 3.05. The molecule has 0 radical (unpaired) electrons. The Morgan fingerprint density at radius 3 is 2.46 bits per heavy atom. The van der Waals surface area contributed by atoms with E-state index in [1.807, 2.05) is 37.3 Å². The number of anilines is 1. The first-order valence-electron chi connectivity index (χ1n) is 9.40. The molecule has 1 saturated carbocycles. The molecule has 3 rings (SSSR count). The lowest BCUT2D eigenvalue weighted by Crippen LogP contribution is -2.37. The molecule has 0 bridgehead atoms. The van der Waals surface area contributed by atoms with Crippen LogP contribution in [0.3, 0.4) is 0 Å². The van der Waals surface area contributed by atoms with Crippen molar-refractivity contribution in [1.82, 2.24) is 4.90 Å². The van der Waals surface area contributed by atoms with Crippen LogP contribution >= 0.6 is 0 Å². The standard InChI is InChI=1S/C22H24N2O4/c1-15-12-19(15)21(27)23-18-9-5-8-17(13-18)22(28)24(14-20(25)26)11-10-16-6-3-2-4-7-16/h2-9,13,15,19H,10-12,14H2,1H3,(H,23,27)(H,25,26). The van der Waals surface area contributed by atoms with Crippen LogP contribution in [0.15, 0.2) is 54.6 Å². The SMILES string of the molecule is CC1CC1C(=O)Nc1cccc(C(=O)N(CCc2ccccc2)CC(=O)O)c1. The topological polar surface area (TPSA) is 86.7 Å². The van der Waals surface area contributed by atoms with E-state index in [-0.39, 0.29) is 24.3 Å². The number of carboxylic acid groups (broad SMARTS) is 1. The van der Waals surface area contributed by atoms with E-state index >= 15 is 0 Å². The zero-order valence-electron chi connectivity index (χ0n) is 15.8. The number of hydrogen-bond acceptors (Lipinski definition) is 3. The van der Waals surface area contributed by atoms with E-state index in [9.17, 15) is 19.5 Å². The Kier molecular flexibility index (Phi) is 6.09. The van der Waals surface area contributed by atoms with Crippen molar-refractivity contribution in [3.63, 3.8) is 0 Å². The largest absolute Gasteiger partial charge is 0.480 e. The molecule has 0 saturated heterocycles. The molecule has 2 N–H and O–H groups in total. The molecule has 0 aliphatic heterocycles. The van der Waals surface area contributed by atoms with Crippen molar-refractivity contribution in [3.8, 4) is 0 Å². The lowest BCUT2D eigenvalue weighted by atomic mass is 10.1. The van der Waals surface area contributed by atoms with Gasteiger partial charge < -0.3 is 15.3 Å². The van der Waals surface area contributed by atoms with Crippen LogP contribution < -0.4 is 5.32 Å². The van der Waals surface area contributed by atoms with Crippen LogP contribution in [0.1, 0.15) is 29.3 Å². The maximum absolute atomic E-state index is 12.9. The van der Waals surface area contributed by atoms with E-state index in [2.05, 4.69) is 5.32 Å². The van der Waals surface area contributed by atoms with Crippen LogP contribution in [0.2, 0.25) is 0 Å². The smallest absolute Gasteiger partial charge is 0.323 e. The van der Waals surface area contributed by atoms with Gasteiger partial charge in [-0.25, -0.2) is 0 Å². The fourth-order valence-electron chi connectivity index (χ4n) is 3.16. The summed E-state index contributed by atoms with van der Waals surface area (Å²) >= 11 is 0. The fourth-order valence-corrected chi connectivity index (χ4v) is 3.16. The maximum atomic E-state index is 12.9. The maximum Gasteiger partial charge on any atom is 0.323 e. The fraction of sp³-hybridized carbons (Fsp3) is 0.318. The number of nitrogens with zero attached hydrogens (tertiary/aromatic N) is 1. The van der Waals surface area contributed by atoms with Gasteiger partial charge in [-0.3, -0.25) is 14.4 Å². The molecule has 1 aliphatic rings. The molecule has 2 atom stereocenters. The van der Waals surface area contributed by atoms with Gasteiger partial charge in [0, 0.05) is 23.7 Å². The van der Waals surface area contributed by atoms with Gasteiger partial charge in [0.1, 0.15) is 6.54 Å². The van der Waals surface area contributed by atoms with E-state index < -0.39 is 5.97 Å². The van der Waals surface area contributed by atoms with Crippen LogP contribution in [0.4, 0.5) is 5.69 Å². The molecule has 2 aromatic rings. The average Bonchev–Trinajstić information content (AvgIpc) is 3.42. The molecule has 6 heteroatoms.